The van der Waals surface area contributed by atoms with Gasteiger partial charge in [0.25, 0.3) is 0 Å². The Morgan fingerprint density at radius 3 is 2.81 bits per heavy atom. The van der Waals surface area contributed by atoms with Crippen molar-refractivity contribution in [1.29, 1.82) is 5.26 Å². The highest BCUT2D eigenvalue weighted by molar-refractivity contribution is 6.33. The standard InChI is InChI=1S/C15H17ClN4O/c1-20(2)9-5-8-18-15-13(10-17)19-14(21-15)11-6-3-4-7-12(11)16/h3-4,6-7,18H,5,8-9H2,1-2H3. The molecule has 0 saturated carbocycles. The Hall–Kier alpha value is -2.03. The molecule has 0 aliphatic rings. The lowest BCUT2D eigenvalue weighted by Gasteiger charge is -2.09. The minimum absolute atomic E-state index is 0.245. The van der Waals surface area contributed by atoms with Gasteiger partial charge in [-0.1, -0.05) is 23.7 Å². The van der Waals surface area contributed by atoms with Crippen molar-refractivity contribution in [1.82, 2.24) is 9.88 Å². The first-order chi connectivity index (χ1) is 10.1. The number of rotatable bonds is 6. The van der Waals surface area contributed by atoms with E-state index in [-0.39, 0.29) is 5.69 Å². The van der Waals surface area contributed by atoms with Crippen molar-refractivity contribution in [2.24, 2.45) is 0 Å². The van der Waals surface area contributed by atoms with Crippen LogP contribution in [0.5, 0.6) is 0 Å². The van der Waals surface area contributed by atoms with E-state index in [2.05, 4.69) is 15.2 Å². The summed E-state index contributed by atoms with van der Waals surface area (Å²) in [5.41, 5.74) is 0.923. The molecule has 5 nitrogen and oxygen atoms in total. The van der Waals surface area contributed by atoms with Crippen LogP contribution in [0, 0.1) is 11.3 Å². The smallest absolute Gasteiger partial charge is 0.232 e. The predicted octanol–water partition coefficient (Wildman–Crippen LogP) is 3.23. The van der Waals surface area contributed by atoms with Gasteiger partial charge in [0.05, 0.1) is 10.6 Å². The second kappa shape index (κ2) is 7.11. The summed E-state index contributed by atoms with van der Waals surface area (Å²) in [7, 11) is 4.04. The second-order valence-electron chi connectivity index (χ2n) is 4.87. The Kier molecular flexibility index (Phi) is 5.20. The minimum Gasteiger partial charge on any atom is -0.419 e. The van der Waals surface area contributed by atoms with E-state index in [1.54, 1.807) is 6.07 Å². The van der Waals surface area contributed by atoms with Gasteiger partial charge in [-0.05, 0) is 39.2 Å². The van der Waals surface area contributed by atoms with Gasteiger partial charge in [0.2, 0.25) is 17.5 Å². The first kappa shape index (κ1) is 15.4. The predicted molar refractivity (Wildman–Crippen MR) is 83.3 cm³/mol. The minimum atomic E-state index is 0.245. The largest absolute Gasteiger partial charge is 0.419 e. The zero-order chi connectivity index (χ0) is 15.2. The summed E-state index contributed by atoms with van der Waals surface area (Å²) in [5, 5.41) is 12.8. The molecule has 2 aromatic rings. The van der Waals surface area contributed by atoms with Gasteiger partial charge in [0.1, 0.15) is 6.07 Å². The molecule has 0 amide bonds. The molecule has 0 radical (unpaired) electrons. The van der Waals surface area contributed by atoms with Crippen LogP contribution < -0.4 is 5.32 Å². The number of halogens is 1. The Morgan fingerprint density at radius 2 is 2.14 bits per heavy atom. The lowest BCUT2D eigenvalue weighted by Crippen LogP contribution is -2.16. The molecule has 0 saturated heterocycles. The van der Waals surface area contributed by atoms with Crippen LogP contribution in [0.25, 0.3) is 11.5 Å². The molecule has 110 valence electrons. The lowest BCUT2D eigenvalue weighted by molar-refractivity contribution is 0.404. The maximum absolute atomic E-state index is 9.14. The van der Waals surface area contributed by atoms with Crippen LogP contribution in [0.4, 0.5) is 5.88 Å². The quantitative estimate of drug-likeness (QED) is 0.830. The summed E-state index contributed by atoms with van der Waals surface area (Å²) in [5.74, 6) is 0.749. The number of anilines is 1. The SMILES string of the molecule is CN(C)CCCNc1oc(-c2ccccc2Cl)nc1C#N. The summed E-state index contributed by atoms with van der Waals surface area (Å²) in [4.78, 5) is 6.29. The number of hydrogen-bond acceptors (Lipinski definition) is 5. The van der Waals surface area contributed by atoms with Crippen molar-refractivity contribution in [3.05, 3.63) is 35.0 Å². The van der Waals surface area contributed by atoms with Gasteiger partial charge in [-0.25, -0.2) is 0 Å². The highest BCUT2D eigenvalue weighted by atomic mass is 35.5. The number of benzene rings is 1. The molecule has 0 aliphatic carbocycles. The van der Waals surface area contributed by atoms with Gasteiger partial charge in [-0.3, -0.25) is 0 Å². The van der Waals surface area contributed by atoms with E-state index in [0.29, 0.717) is 28.9 Å². The molecular formula is C15H17ClN4O. The van der Waals surface area contributed by atoms with Crippen molar-refractivity contribution in [2.75, 3.05) is 32.5 Å². The number of hydrogen-bond donors (Lipinski definition) is 1. The van der Waals surface area contributed by atoms with Crippen molar-refractivity contribution in [2.45, 2.75) is 6.42 Å². The molecule has 2 rings (SSSR count). The fraction of sp³-hybridized carbons (Fsp3) is 0.333. The Bertz CT molecular complexity index is 645. The van der Waals surface area contributed by atoms with E-state index in [0.717, 1.165) is 13.0 Å². The van der Waals surface area contributed by atoms with Crippen LogP contribution in [0.3, 0.4) is 0 Å². The molecule has 0 aliphatic heterocycles. The number of nitrogens with one attached hydrogen (secondary N) is 1. The molecule has 1 aromatic heterocycles. The van der Waals surface area contributed by atoms with Crippen molar-refractivity contribution >= 4 is 17.5 Å². The molecule has 1 N–H and O–H groups in total. The van der Waals surface area contributed by atoms with Gasteiger partial charge in [-0.2, -0.15) is 10.2 Å². The van der Waals surface area contributed by atoms with E-state index >= 15 is 0 Å². The fourth-order valence-electron chi connectivity index (χ4n) is 1.86. The molecule has 0 bridgehead atoms. The molecule has 1 aromatic carbocycles. The van der Waals surface area contributed by atoms with Crippen molar-refractivity contribution in [3.63, 3.8) is 0 Å². The number of oxazole rings is 1. The lowest BCUT2D eigenvalue weighted by atomic mass is 10.2. The Balaban J connectivity index is 2.13. The van der Waals surface area contributed by atoms with E-state index in [4.69, 9.17) is 21.3 Å². The zero-order valence-corrected chi connectivity index (χ0v) is 12.8. The first-order valence-electron chi connectivity index (χ1n) is 6.66. The van der Waals surface area contributed by atoms with E-state index in [1.165, 1.54) is 0 Å². The number of nitrogens with zero attached hydrogens (tertiary/aromatic N) is 3. The van der Waals surface area contributed by atoms with Crippen molar-refractivity contribution < 1.29 is 4.42 Å². The van der Waals surface area contributed by atoms with Gasteiger partial charge >= 0.3 is 0 Å². The topological polar surface area (TPSA) is 65.1 Å². The summed E-state index contributed by atoms with van der Waals surface area (Å²) < 4.78 is 5.64. The maximum atomic E-state index is 9.14. The Labute approximate surface area is 129 Å². The highest BCUT2D eigenvalue weighted by Gasteiger charge is 2.15. The van der Waals surface area contributed by atoms with Crippen LogP contribution in [0.1, 0.15) is 12.1 Å². The van der Waals surface area contributed by atoms with Gasteiger partial charge in [0.15, 0.2) is 0 Å². The van der Waals surface area contributed by atoms with E-state index in [9.17, 15) is 0 Å². The van der Waals surface area contributed by atoms with Gasteiger partial charge in [-0.15, -0.1) is 0 Å². The van der Waals surface area contributed by atoms with Gasteiger partial charge < -0.3 is 14.6 Å². The van der Waals surface area contributed by atoms with Crippen LogP contribution in [-0.2, 0) is 0 Å². The monoisotopic (exact) mass is 304 g/mol. The third kappa shape index (κ3) is 3.97. The fourth-order valence-corrected chi connectivity index (χ4v) is 2.08. The average molecular weight is 305 g/mol. The van der Waals surface area contributed by atoms with Crippen LogP contribution in [0.2, 0.25) is 5.02 Å². The normalized spacial score (nSPS) is 10.6. The van der Waals surface area contributed by atoms with E-state index in [1.807, 2.05) is 38.4 Å². The highest BCUT2D eigenvalue weighted by Crippen LogP contribution is 2.30. The molecule has 6 heteroatoms. The molecule has 0 unspecified atom stereocenters. The summed E-state index contributed by atoms with van der Waals surface area (Å²) in [6.07, 6.45) is 0.944. The molecule has 1 heterocycles. The average Bonchev–Trinajstić information content (AvgIpc) is 2.87. The number of aromatic nitrogens is 1. The van der Waals surface area contributed by atoms with Crippen LogP contribution >= 0.6 is 11.6 Å². The van der Waals surface area contributed by atoms with Gasteiger partial charge in [0, 0.05) is 6.54 Å². The van der Waals surface area contributed by atoms with E-state index < -0.39 is 0 Å². The zero-order valence-electron chi connectivity index (χ0n) is 12.1. The first-order valence-corrected chi connectivity index (χ1v) is 7.04. The van der Waals surface area contributed by atoms with Crippen LogP contribution in [-0.4, -0.2) is 37.1 Å². The number of nitriles is 1. The summed E-state index contributed by atoms with van der Waals surface area (Å²) >= 11 is 6.12. The molecule has 0 atom stereocenters. The van der Waals surface area contributed by atoms with Crippen LogP contribution in [0.15, 0.2) is 28.7 Å². The molecular weight excluding hydrogens is 288 g/mol. The van der Waals surface area contributed by atoms with Crippen molar-refractivity contribution in [3.8, 4) is 17.5 Å². The summed E-state index contributed by atoms with van der Waals surface area (Å²) in [6, 6.07) is 9.29. The molecule has 0 spiro atoms. The maximum Gasteiger partial charge on any atom is 0.232 e. The Morgan fingerprint density at radius 1 is 1.38 bits per heavy atom. The summed E-state index contributed by atoms with van der Waals surface area (Å²) in [6.45, 7) is 1.67. The third-order valence-corrected chi connectivity index (χ3v) is 3.23. The molecule has 21 heavy (non-hydrogen) atoms. The molecule has 0 fully saturated rings. The second-order valence-corrected chi connectivity index (χ2v) is 5.28. The third-order valence-electron chi connectivity index (χ3n) is 2.90.